The summed E-state index contributed by atoms with van der Waals surface area (Å²) in [6.07, 6.45) is 5.43. The Morgan fingerprint density at radius 2 is 2.32 bits per heavy atom. The number of carbonyl (C=O) groups is 1. The van der Waals surface area contributed by atoms with Gasteiger partial charge in [-0.25, -0.2) is 4.98 Å². The van der Waals surface area contributed by atoms with Crippen molar-refractivity contribution in [2.45, 2.75) is 19.5 Å². The Morgan fingerprint density at radius 3 is 3.00 bits per heavy atom. The number of hydrogen-bond donors (Lipinski definition) is 2. The summed E-state index contributed by atoms with van der Waals surface area (Å²) in [7, 11) is 1.76. The van der Waals surface area contributed by atoms with E-state index in [1.807, 2.05) is 42.0 Å². The number of anilines is 1. The SMILES string of the molecule is CNC(C)C(=O)Nc1cccc(Cn2ccnc2)c1. The highest BCUT2D eigenvalue weighted by Gasteiger charge is 2.10. The Kier molecular flexibility index (Phi) is 4.30. The summed E-state index contributed by atoms with van der Waals surface area (Å²) < 4.78 is 1.98. The first-order valence-corrected chi connectivity index (χ1v) is 6.22. The van der Waals surface area contributed by atoms with Crippen molar-refractivity contribution < 1.29 is 4.79 Å². The summed E-state index contributed by atoms with van der Waals surface area (Å²) in [6, 6.07) is 7.61. The first-order valence-electron chi connectivity index (χ1n) is 6.22. The van der Waals surface area contributed by atoms with Gasteiger partial charge in [-0.15, -0.1) is 0 Å². The molecule has 2 aromatic rings. The highest BCUT2D eigenvalue weighted by atomic mass is 16.2. The molecular formula is C14H18N4O. The maximum Gasteiger partial charge on any atom is 0.241 e. The predicted octanol–water partition coefficient (Wildman–Crippen LogP) is 1.48. The predicted molar refractivity (Wildman–Crippen MR) is 74.9 cm³/mol. The van der Waals surface area contributed by atoms with E-state index in [-0.39, 0.29) is 11.9 Å². The van der Waals surface area contributed by atoms with Crippen molar-refractivity contribution in [3.63, 3.8) is 0 Å². The lowest BCUT2D eigenvalue weighted by molar-refractivity contribution is -0.117. The molecule has 1 atom stereocenters. The molecule has 2 N–H and O–H groups in total. The van der Waals surface area contributed by atoms with E-state index in [2.05, 4.69) is 15.6 Å². The number of nitrogens with one attached hydrogen (secondary N) is 2. The van der Waals surface area contributed by atoms with Gasteiger partial charge in [-0.3, -0.25) is 4.79 Å². The molecule has 2 rings (SSSR count). The molecule has 0 fully saturated rings. The minimum atomic E-state index is -0.211. The molecular weight excluding hydrogens is 240 g/mol. The quantitative estimate of drug-likeness (QED) is 0.854. The molecule has 0 aliphatic carbocycles. The maximum absolute atomic E-state index is 11.8. The van der Waals surface area contributed by atoms with E-state index >= 15 is 0 Å². The van der Waals surface area contributed by atoms with Gasteiger partial charge < -0.3 is 15.2 Å². The Morgan fingerprint density at radius 1 is 1.47 bits per heavy atom. The number of likely N-dealkylation sites (N-methyl/N-ethyl adjacent to an activating group) is 1. The average molecular weight is 258 g/mol. The monoisotopic (exact) mass is 258 g/mol. The Labute approximate surface area is 112 Å². The first-order chi connectivity index (χ1) is 9.19. The van der Waals surface area contributed by atoms with Crippen LogP contribution in [0, 0.1) is 0 Å². The Hall–Kier alpha value is -2.14. The summed E-state index contributed by atoms with van der Waals surface area (Å²) in [6.45, 7) is 2.57. The van der Waals surface area contributed by atoms with Gasteiger partial charge in [-0.05, 0) is 31.7 Å². The maximum atomic E-state index is 11.8. The van der Waals surface area contributed by atoms with Crippen molar-refractivity contribution in [3.05, 3.63) is 48.5 Å². The molecule has 0 radical (unpaired) electrons. The number of carbonyl (C=O) groups excluding carboxylic acids is 1. The number of nitrogens with zero attached hydrogens (tertiary/aromatic N) is 2. The fourth-order valence-electron chi connectivity index (χ4n) is 1.72. The number of imidazole rings is 1. The number of aromatic nitrogens is 2. The molecule has 0 bridgehead atoms. The van der Waals surface area contributed by atoms with Gasteiger partial charge in [0.2, 0.25) is 5.91 Å². The number of amides is 1. The van der Waals surface area contributed by atoms with Crippen molar-refractivity contribution >= 4 is 11.6 Å². The molecule has 0 aliphatic heterocycles. The average Bonchev–Trinajstić information content (AvgIpc) is 2.91. The highest BCUT2D eigenvalue weighted by molar-refractivity contribution is 5.94. The van der Waals surface area contributed by atoms with Crippen molar-refractivity contribution in [2.75, 3.05) is 12.4 Å². The minimum absolute atomic E-state index is 0.0396. The summed E-state index contributed by atoms with van der Waals surface area (Å²) in [5.41, 5.74) is 1.93. The lowest BCUT2D eigenvalue weighted by Gasteiger charge is -2.12. The van der Waals surface area contributed by atoms with E-state index in [1.165, 1.54) is 0 Å². The summed E-state index contributed by atoms with van der Waals surface area (Å²) in [5.74, 6) is -0.0396. The fourth-order valence-corrected chi connectivity index (χ4v) is 1.72. The highest BCUT2D eigenvalue weighted by Crippen LogP contribution is 2.12. The molecule has 5 heteroatoms. The van der Waals surface area contributed by atoms with Crippen LogP contribution in [0.5, 0.6) is 0 Å². The number of rotatable bonds is 5. The lowest BCUT2D eigenvalue weighted by Crippen LogP contribution is -2.35. The molecule has 1 amide bonds. The van der Waals surface area contributed by atoms with Crippen LogP contribution < -0.4 is 10.6 Å². The molecule has 0 saturated carbocycles. The minimum Gasteiger partial charge on any atom is -0.333 e. The van der Waals surface area contributed by atoms with Gasteiger partial charge in [0.15, 0.2) is 0 Å². The molecule has 100 valence electrons. The molecule has 1 aromatic heterocycles. The normalized spacial score (nSPS) is 12.1. The zero-order valence-corrected chi connectivity index (χ0v) is 11.1. The van der Waals surface area contributed by atoms with E-state index in [4.69, 9.17) is 0 Å². The smallest absolute Gasteiger partial charge is 0.241 e. The van der Waals surface area contributed by atoms with Crippen LogP contribution in [-0.2, 0) is 11.3 Å². The molecule has 0 spiro atoms. The topological polar surface area (TPSA) is 59.0 Å². The lowest BCUT2D eigenvalue weighted by atomic mass is 10.2. The first kappa shape index (κ1) is 13.3. The van der Waals surface area contributed by atoms with E-state index in [0.717, 1.165) is 17.8 Å². The molecule has 1 unspecified atom stereocenters. The van der Waals surface area contributed by atoms with Gasteiger partial charge in [0.05, 0.1) is 12.4 Å². The number of benzene rings is 1. The molecule has 1 aromatic carbocycles. The van der Waals surface area contributed by atoms with Crippen LogP contribution >= 0.6 is 0 Å². The van der Waals surface area contributed by atoms with Gasteiger partial charge in [0, 0.05) is 24.6 Å². The van der Waals surface area contributed by atoms with E-state index in [9.17, 15) is 4.79 Å². The second-order valence-corrected chi connectivity index (χ2v) is 4.44. The summed E-state index contributed by atoms with van der Waals surface area (Å²) in [5, 5.41) is 5.80. The third-order valence-electron chi connectivity index (χ3n) is 2.95. The van der Waals surface area contributed by atoms with Gasteiger partial charge >= 0.3 is 0 Å². The van der Waals surface area contributed by atoms with Gasteiger partial charge in [0.1, 0.15) is 0 Å². The largest absolute Gasteiger partial charge is 0.333 e. The van der Waals surface area contributed by atoms with Crippen LogP contribution in [0.3, 0.4) is 0 Å². The van der Waals surface area contributed by atoms with Crippen molar-refractivity contribution in [1.29, 1.82) is 0 Å². The molecule has 1 heterocycles. The fraction of sp³-hybridized carbons (Fsp3) is 0.286. The van der Waals surface area contributed by atoms with Gasteiger partial charge in [-0.2, -0.15) is 0 Å². The molecule has 0 aliphatic rings. The van der Waals surface area contributed by atoms with Crippen molar-refractivity contribution in [3.8, 4) is 0 Å². The second-order valence-electron chi connectivity index (χ2n) is 4.44. The van der Waals surface area contributed by atoms with Crippen LogP contribution in [0.2, 0.25) is 0 Å². The van der Waals surface area contributed by atoms with Crippen LogP contribution in [0.25, 0.3) is 0 Å². The molecule has 19 heavy (non-hydrogen) atoms. The summed E-state index contributed by atoms with van der Waals surface area (Å²) in [4.78, 5) is 15.8. The van der Waals surface area contributed by atoms with Crippen LogP contribution in [-0.4, -0.2) is 28.5 Å². The standard InChI is InChI=1S/C14H18N4O/c1-11(15-2)14(19)17-13-5-3-4-12(8-13)9-18-7-6-16-10-18/h3-8,10-11,15H,9H2,1-2H3,(H,17,19). The van der Waals surface area contributed by atoms with Crippen molar-refractivity contribution in [2.24, 2.45) is 0 Å². The molecule has 0 saturated heterocycles. The van der Waals surface area contributed by atoms with Crippen molar-refractivity contribution in [1.82, 2.24) is 14.9 Å². The zero-order chi connectivity index (χ0) is 13.7. The van der Waals surface area contributed by atoms with Crippen LogP contribution in [0.15, 0.2) is 43.0 Å². The third kappa shape index (κ3) is 3.66. The third-order valence-corrected chi connectivity index (χ3v) is 2.95. The van der Waals surface area contributed by atoms with Crippen LogP contribution in [0.1, 0.15) is 12.5 Å². The second kappa shape index (κ2) is 6.15. The Bertz CT molecular complexity index is 536. The molecule has 5 nitrogen and oxygen atoms in total. The van der Waals surface area contributed by atoms with E-state index < -0.39 is 0 Å². The number of hydrogen-bond acceptors (Lipinski definition) is 3. The van der Waals surface area contributed by atoms with Crippen LogP contribution in [0.4, 0.5) is 5.69 Å². The zero-order valence-electron chi connectivity index (χ0n) is 11.1. The van der Waals surface area contributed by atoms with E-state index in [1.54, 1.807) is 19.6 Å². The summed E-state index contributed by atoms with van der Waals surface area (Å²) >= 11 is 0. The Balaban J connectivity index is 2.05. The van der Waals surface area contributed by atoms with Gasteiger partial charge in [-0.1, -0.05) is 12.1 Å². The van der Waals surface area contributed by atoms with E-state index in [0.29, 0.717) is 0 Å². The van der Waals surface area contributed by atoms with Gasteiger partial charge in [0.25, 0.3) is 0 Å².